The topological polar surface area (TPSA) is 72.3 Å². The first-order chi connectivity index (χ1) is 9.77. The molecule has 2 aromatic rings. The van der Waals surface area contributed by atoms with Gasteiger partial charge >= 0.3 is 12.1 Å². The molecule has 0 aliphatic carbocycles. The summed E-state index contributed by atoms with van der Waals surface area (Å²) >= 11 is 0. The highest BCUT2D eigenvalue weighted by Crippen LogP contribution is 2.33. The fourth-order valence-corrected chi connectivity index (χ4v) is 1.35. The lowest BCUT2D eigenvalue weighted by molar-refractivity contribution is -0.137. The van der Waals surface area contributed by atoms with Crippen LogP contribution < -0.4 is 4.74 Å². The number of carboxylic acid groups (broad SMARTS) is 1. The molecular weight excluding hydrogens is 296 g/mol. The number of hydrogen-bond acceptors (Lipinski definition) is 4. The van der Waals surface area contributed by atoms with Gasteiger partial charge in [-0.1, -0.05) is 0 Å². The van der Waals surface area contributed by atoms with Gasteiger partial charge in [0.15, 0.2) is 17.3 Å². The summed E-state index contributed by atoms with van der Waals surface area (Å²) in [6.07, 6.45) is -2.95. The summed E-state index contributed by atoms with van der Waals surface area (Å²) in [5.41, 5.74) is -1.47. The lowest BCUT2D eigenvalue weighted by Gasteiger charge is -2.10. The third-order valence-corrected chi connectivity index (χ3v) is 2.32. The Hall–Kier alpha value is -2.71. The van der Waals surface area contributed by atoms with Gasteiger partial charge in [-0.3, -0.25) is 0 Å². The Morgan fingerprint density at radius 3 is 2.43 bits per heavy atom. The molecule has 0 aliphatic rings. The normalized spacial score (nSPS) is 11.2. The summed E-state index contributed by atoms with van der Waals surface area (Å²) in [5.74, 6) is -3.38. The number of ether oxygens (including phenoxy) is 1. The number of carbonyl (C=O) groups is 1. The number of alkyl halides is 3. The zero-order valence-electron chi connectivity index (χ0n) is 10.1. The van der Waals surface area contributed by atoms with Crippen molar-refractivity contribution in [3.8, 4) is 11.6 Å². The van der Waals surface area contributed by atoms with E-state index in [-0.39, 0.29) is 11.6 Å². The molecule has 1 heterocycles. The van der Waals surface area contributed by atoms with Crippen LogP contribution in [0.3, 0.4) is 0 Å². The average molecular weight is 302 g/mol. The van der Waals surface area contributed by atoms with Gasteiger partial charge in [-0.05, 0) is 18.2 Å². The number of aromatic carboxylic acids is 1. The Bertz CT molecular complexity index is 671. The molecule has 1 N–H and O–H groups in total. The molecule has 0 fully saturated rings. The summed E-state index contributed by atoms with van der Waals surface area (Å²) in [5, 5.41) is 8.61. The molecular formula is C12H6F4N2O3. The maximum Gasteiger partial charge on any atom is 0.416 e. The van der Waals surface area contributed by atoms with Gasteiger partial charge < -0.3 is 9.84 Å². The SMILES string of the molecule is O=C(O)c1cnc(Oc2cc(C(F)(F)F)ccc2F)cn1. The number of carboxylic acids is 1. The number of hydrogen-bond donors (Lipinski definition) is 1. The van der Waals surface area contributed by atoms with E-state index in [0.29, 0.717) is 18.2 Å². The zero-order chi connectivity index (χ0) is 15.6. The van der Waals surface area contributed by atoms with E-state index < -0.39 is 29.3 Å². The molecule has 1 aromatic heterocycles. The van der Waals surface area contributed by atoms with Crippen molar-refractivity contribution in [2.45, 2.75) is 6.18 Å². The van der Waals surface area contributed by atoms with Crippen molar-refractivity contribution in [1.29, 1.82) is 0 Å². The van der Waals surface area contributed by atoms with Gasteiger partial charge in [0.1, 0.15) is 0 Å². The van der Waals surface area contributed by atoms with Gasteiger partial charge in [0, 0.05) is 0 Å². The van der Waals surface area contributed by atoms with E-state index in [9.17, 15) is 22.4 Å². The van der Waals surface area contributed by atoms with Crippen LogP contribution >= 0.6 is 0 Å². The second kappa shape index (κ2) is 5.35. The quantitative estimate of drug-likeness (QED) is 0.882. The molecule has 1 aromatic carbocycles. The molecule has 0 bridgehead atoms. The Labute approximate surface area is 114 Å². The van der Waals surface area contributed by atoms with Crippen molar-refractivity contribution in [3.05, 3.63) is 47.7 Å². The molecule has 0 spiro atoms. The first kappa shape index (κ1) is 14.7. The van der Waals surface area contributed by atoms with E-state index in [1.54, 1.807) is 0 Å². The summed E-state index contributed by atoms with van der Waals surface area (Å²) in [4.78, 5) is 17.5. The number of aromatic nitrogens is 2. The van der Waals surface area contributed by atoms with E-state index >= 15 is 0 Å². The van der Waals surface area contributed by atoms with Crippen LogP contribution in [0.2, 0.25) is 0 Å². The Kier molecular flexibility index (Phi) is 3.74. The minimum atomic E-state index is -4.65. The smallest absolute Gasteiger partial charge is 0.416 e. The maximum absolute atomic E-state index is 13.4. The molecule has 0 atom stereocenters. The molecule has 0 aliphatic heterocycles. The summed E-state index contributed by atoms with van der Waals surface area (Å²) < 4.78 is 55.8. The fraction of sp³-hybridized carbons (Fsp3) is 0.0833. The van der Waals surface area contributed by atoms with Crippen molar-refractivity contribution < 1.29 is 32.2 Å². The van der Waals surface area contributed by atoms with Crippen LogP contribution in [0.15, 0.2) is 30.6 Å². The fourth-order valence-electron chi connectivity index (χ4n) is 1.35. The highest BCUT2D eigenvalue weighted by molar-refractivity contribution is 5.84. The molecule has 0 radical (unpaired) electrons. The summed E-state index contributed by atoms with van der Waals surface area (Å²) in [6, 6.07) is 1.65. The molecule has 5 nitrogen and oxygen atoms in total. The lowest BCUT2D eigenvalue weighted by atomic mass is 10.2. The third-order valence-electron chi connectivity index (χ3n) is 2.32. The second-order valence-corrected chi connectivity index (χ2v) is 3.79. The van der Waals surface area contributed by atoms with Gasteiger partial charge in [-0.2, -0.15) is 13.2 Å². The predicted molar refractivity (Wildman–Crippen MR) is 60.5 cm³/mol. The summed E-state index contributed by atoms with van der Waals surface area (Å²) in [7, 11) is 0. The van der Waals surface area contributed by atoms with E-state index in [1.165, 1.54) is 0 Å². The number of rotatable bonds is 3. The molecule has 0 unspecified atom stereocenters. The number of nitrogens with zero attached hydrogens (tertiary/aromatic N) is 2. The van der Waals surface area contributed by atoms with Gasteiger partial charge in [0.05, 0.1) is 18.0 Å². The first-order valence-corrected chi connectivity index (χ1v) is 5.37. The van der Waals surface area contributed by atoms with Crippen LogP contribution in [0, 0.1) is 5.82 Å². The van der Waals surface area contributed by atoms with Crippen molar-refractivity contribution in [1.82, 2.24) is 9.97 Å². The third kappa shape index (κ3) is 3.44. The predicted octanol–water partition coefficient (Wildman–Crippen LogP) is 3.13. The number of halogens is 4. The van der Waals surface area contributed by atoms with Crippen molar-refractivity contribution >= 4 is 5.97 Å². The lowest BCUT2D eigenvalue weighted by Crippen LogP contribution is -2.06. The number of benzene rings is 1. The first-order valence-electron chi connectivity index (χ1n) is 5.37. The molecule has 9 heteroatoms. The largest absolute Gasteiger partial charge is 0.476 e. The standard InChI is InChI=1S/C12H6F4N2O3/c13-7-2-1-6(12(14,15)16)3-9(7)21-10-5-17-8(4-18-10)11(19)20/h1-5H,(H,19,20). The molecule has 21 heavy (non-hydrogen) atoms. The van der Waals surface area contributed by atoms with Gasteiger partial charge in [0.2, 0.25) is 5.88 Å². The summed E-state index contributed by atoms with van der Waals surface area (Å²) in [6.45, 7) is 0. The van der Waals surface area contributed by atoms with Crippen LogP contribution in [-0.2, 0) is 6.18 Å². The molecule has 110 valence electrons. The monoisotopic (exact) mass is 302 g/mol. The van der Waals surface area contributed by atoms with Crippen molar-refractivity contribution in [3.63, 3.8) is 0 Å². The molecule has 0 saturated carbocycles. The average Bonchev–Trinajstić information content (AvgIpc) is 2.40. The van der Waals surface area contributed by atoms with Crippen molar-refractivity contribution in [2.75, 3.05) is 0 Å². The zero-order valence-corrected chi connectivity index (χ0v) is 10.1. The van der Waals surface area contributed by atoms with Gasteiger partial charge in [0.25, 0.3) is 0 Å². The van der Waals surface area contributed by atoms with E-state index in [2.05, 4.69) is 9.97 Å². The van der Waals surface area contributed by atoms with Crippen LogP contribution in [-0.4, -0.2) is 21.0 Å². The highest BCUT2D eigenvalue weighted by atomic mass is 19.4. The minimum absolute atomic E-state index is 0.335. The van der Waals surface area contributed by atoms with Crippen LogP contribution in [0.1, 0.15) is 16.1 Å². The minimum Gasteiger partial charge on any atom is -0.476 e. The van der Waals surface area contributed by atoms with Crippen LogP contribution in [0.25, 0.3) is 0 Å². The highest BCUT2D eigenvalue weighted by Gasteiger charge is 2.31. The second-order valence-electron chi connectivity index (χ2n) is 3.79. The Morgan fingerprint density at radius 2 is 1.90 bits per heavy atom. The Balaban J connectivity index is 2.28. The Morgan fingerprint density at radius 1 is 1.19 bits per heavy atom. The van der Waals surface area contributed by atoms with E-state index in [0.717, 1.165) is 12.4 Å². The molecule has 0 amide bonds. The van der Waals surface area contributed by atoms with E-state index in [1.807, 2.05) is 0 Å². The van der Waals surface area contributed by atoms with Gasteiger partial charge in [-0.15, -0.1) is 0 Å². The van der Waals surface area contributed by atoms with Gasteiger partial charge in [-0.25, -0.2) is 19.2 Å². The van der Waals surface area contributed by atoms with Crippen LogP contribution in [0.5, 0.6) is 11.6 Å². The molecule has 2 rings (SSSR count). The van der Waals surface area contributed by atoms with Crippen LogP contribution in [0.4, 0.5) is 17.6 Å². The maximum atomic E-state index is 13.4. The van der Waals surface area contributed by atoms with E-state index in [4.69, 9.17) is 9.84 Å². The molecule has 0 saturated heterocycles. The van der Waals surface area contributed by atoms with Crippen molar-refractivity contribution in [2.24, 2.45) is 0 Å².